The van der Waals surface area contributed by atoms with Gasteiger partial charge in [0.1, 0.15) is 0 Å². The summed E-state index contributed by atoms with van der Waals surface area (Å²) >= 11 is 0. The number of sulfonamides is 1. The van der Waals surface area contributed by atoms with Gasteiger partial charge in [0.15, 0.2) is 0 Å². The van der Waals surface area contributed by atoms with Crippen LogP contribution in [0.1, 0.15) is 19.8 Å². The number of likely N-dealkylation sites (tertiary alicyclic amines) is 1. The van der Waals surface area contributed by atoms with E-state index in [-0.39, 0.29) is 4.90 Å². The lowest BCUT2D eigenvalue weighted by Crippen LogP contribution is -2.34. The highest BCUT2D eigenvalue weighted by atomic mass is 32.2. The summed E-state index contributed by atoms with van der Waals surface area (Å²) in [4.78, 5) is 2.65. The average Bonchev–Trinajstić information content (AvgIpc) is 2.93. The maximum absolute atomic E-state index is 11.8. The smallest absolute Gasteiger partial charge is 0.240 e. The third-order valence-corrected chi connectivity index (χ3v) is 5.45. The van der Waals surface area contributed by atoms with E-state index in [0.29, 0.717) is 17.4 Å². The SMILES string of the molecule is CCN1CCCC1CNc1cc(S(=O)(=O)NC)ccc1N. The second-order valence-electron chi connectivity index (χ2n) is 5.26. The predicted molar refractivity (Wildman–Crippen MR) is 85.9 cm³/mol. The fourth-order valence-corrected chi connectivity index (χ4v) is 3.50. The van der Waals surface area contributed by atoms with Crippen molar-refractivity contribution in [3.63, 3.8) is 0 Å². The van der Waals surface area contributed by atoms with Crippen molar-refractivity contribution in [2.75, 3.05) is 37.7 Å². The first kappa shape index (κ1) is 16.1. The molecule has 1 fully saturated rings. The van der Waals surface area contributed by atoms with E-state index in [1.54, 1.807) is 12.1 Å². The fourth-order valence-electron chi connectivity index (χ4n) is 2.74. The summed E-state index contributed by atoms with van der Waals surface area (Å²) in [5.74, 6) is 0. The lowest BCUT2D eigenvalue weighted by molar-refractivity contribution is 0.277. The summed E-state index contributed by atoms with van der Waals surface area (Å²) in [6, 6.07) is 5.21. The van der Waals surface area contributed by atoms with Gasteiger partial charge in [-0.1, -0.05) is 6.92 Å². The quantitative estimate of drug-likeness (QED) is 0.684. The van der Waals surface area contributed by atoms with E-state index >= 15 is 0 Å². The van der Waals surface area contributed by atoms with Crippen molar-refractivity contribution in [1.82, 2.24) is 9.62 Å². The van der Waals surface area contributed by atoms with E-state index < -0.39 is 10.0 Å². The Balaban J connectivity index is 2.11. The van der Waals surface area contributed by atoms with Gasteiger partial charge < -0.3 is 11.1 Å². The summed E-state index contributed by atoms with van der Waals surface area (Å²) < 4.78 is 26.0. The van der Waals surface area contributed by atoms with Crippen LogP contribution in [0.25, 0.3) is 0 Å². The molecule has 1 aliphatic heterocycles. The molecule has 1 saturated heterocycles. The van der Waals surface area contributed by atoms with Gasteiger partial charge in [-0.25, -0.2) is 13.1 Å². The minimum atomic E-state index is -3.45. The lowest BCUT2D eigenvalue weighted by atomic mass is 10.2. The van der Waals surface area contributed by atoms with Crippen LogP contribution in [-0.2, 0) is 10.0 Å². The zero-order valence-corrected chi connectivity index (χ0v) is 13.4. The molecule has 6 nitrogen and oxygen atoms in total. The van der Waals surface area contributed by atoms with E-state index in [1.165, 1.54) is 19.5 Å². The van der Waals surface area contributed by atoms with Crippen LogP contribution in [-0.4, -0.2) is 46.0 Å². The van der Waals surface area contributed by atoms with Gasteiger partial charge in [-0.15, -0.1) is 0 Å². The Kier molecular flexibility index (Phi) is 5.08. The summed E-state index contributed by atoms with van der Waals surface area (Å²) in [6.45, 7) is 5.11. The number of nitrogens with one attached hydrogen (secondary N) is 2. The standard InChI is InChI=1S/C14H24N4O2S/c1-3-18-8-4-5-11(18)10-17-14-9-12(6-7-13(14)15)21(19,20)16-2/h6-7,9,11,16-17H,3-5,8,10,15H2,1-2H3. The molecule has 2 rings (SSSR count). The molecule has 21 heavy (non-hydrogen) atoms. The van der Waals surface area contributed by atoms with Crippen molar-refractivity contribution < 1.29 is 8.42 Å². The van der Waals surface area contributed by atoms with Crippen molar-refractivity contribution in [3.05, 3.63) is 18.2 Å². The van der Waals surface area contributed by atoms with Gasteiger partial charge in [0.25, 0.3) is 0 Å². The van der Waals surface area contributed by atoms with Gasteiger partial charge in [-0.05, 0) is 51.2 Å². The van der Waals surface area contributed by atoms with Crippen LogP contribution in [0, 0.1) is 0 Å². The van der Waals surface area contributed by atoms with Gasteiger partial charge in [0.05, 0.1) is 16.3 Å². The zero-order valence-electron chi connectivity index (χ0n) is 12.6. The van der Waals surface area contributed by atoms with Crippen molar-refractivity contribution >= 4 is 21.4 Å². The molecule has 7 heteroatoms. The van der Waals surface area contributed by atoms with Crippen LogP contribution >= 0.6 is 0 Å². The second kappa shape index (κ2) is 6.64. The minimum absolute atomic E-state index is 0.223. The Morgan fingerprint density at radius 1 is 1.43 bits per heavy atom. The van der Waals surface area contributed by atoms with Crippen LogP contribution in [0.4, 0.5) is 11.4 Å². The van der Waals surface area contributed by atoms with Gasteiger partial charge in [0, 0.05) is 12.6 Å². The molecular formula is C14H24N4O2S. The van der Waals surface area contributed by atoms with Crippen molar-refractivity contribution in [3.8, 4) is 0 Å². The molecule has 1 aromatic rings. The number of rotatable bonds is 6. The van der Waals surface area contributed by atoms with Crippen molar-refractivity contribution in [2.24, 2.45) is 0 Å². The Labute approximate surface area is 126 Å². The third-order valence-electron chi connectivity index (χ3n) is 4.04. The van der Waals surface area contributed by atoms with E-state index in [0.717, 1.165) is 26.1 Å². The summed E-state index contributed by atoms with van der Waals surface area (Å²) in [5, 5.41) is 3.30. The highest BCUT2D eigenvalue weighted by molar-refractivity contribution is 7.89. The van der Waals surface area contributed by atoms with Crippen LogP contribution in [0.3, 0.4) is 0 Å². The van der Waals surface area contributed by atoms with E-state index in [9.17, 15) is 8.42 Å². The molecule has 1 aliphatic rings. The number of nitrogens with zero attached hydrogens (tertiary/aromatic N) is 1. The summed E-state index contributed by atoms with van der Waals surface area (Å²) in [7, 11) is -2.05. The molecule has 1 unspecified atom stereocenters. The second-order valence-corrected chi connectivity index (χ2v) is 7.15. The summed E-state index contributed by atoms with van der Waals surface area (Å²) in [6.07, 6.45) is 2.37. The number of hydrogen-bond donors (Lipinski definition) is 3. The zero-order chi connectivity index (χ0) is 15.5. The van der Waals surface area contributed by atoms with Crippen LogP contribution in [0.2, 0.25) is 0 Å². The number of hydrogen-bond acceptors (Lipinski definition) is 5. The number of benzene rings is 1. The first-order chi connectivity index (χ1) is 9.97. The molecule has 0 aliphatic carbocycles. The van der Waals surface area contributed by atoms with Crippen molar-refractivity contribution in [1.29, 1.82) is 0 Å². The molecule has 0 radical (unpaired) electrons. The topological polar surface area (TPSA) is 87.5 Å². The van der Waals surface area contributed by atoms with Crippen LogP contribution in [0.15, 0.2) is 23.1 Å². The van der Waals surface area contributed by atoms with Crippen LogP contribution < -0.4 is 15.8 Å². The Morgan fingerprint density at radius 2 is 2.19 bits per heavy atom. The number of nitrogens with two attached hydrogens (primary N) is 1. The molecule has 1 heterocycles. The normalized spacial score (nSPS) is 19.8. The van der Waals surface area contributed by atoms with Crippen molar-refractivity contribution in [2.45, 2.75) is 30.7 Å². The number of likely N-dealkylation sites (N-methyl/N-ethyl adjacent to an activating group) is 1. The minimum Gasteiger partial charge on any atom is -0.397 e. The Morgan fingerprint density at radius 3 is 2.86 bits per heavy atom. The van der Waals surface area contributed by atoms with E-state index in [1.807, 2.05) is 0 Å². The molecule has 0 aromatic heterocycles. The molecule has 0 spiro atoms. The maximum Gasteiger partial charge on any atom is 0.240 e. The monoisotopic (exact) mass is 312 g/mol. The van der Waals surface area contributed by atoms with E-state index in [4.69, 9.17) is 5.73 Å². The average molecular weight is 312 g/mol. The first-order valence-corrected chi connectivity index (χ1v) is 8.77. The molecule has 1 atom stereocenters. The third kappa shape index (κ3) is 3.66. The molecule has 118 valence electrons. The van der Waals surface area contributed by atoms with E-state index in [2.05, 4.69) is 21.9 Å². The van der Waals surface area contributed by atoms with Gasteiger partial charge in [0.2, 0.25) is 10.0 Å². The van der Waals surface area contributed by atoms with Gasteiger partial charge in [-0.3, -0.25) is 4.90 Å². The maximum atomic E-state index is 11.8. The summed E-state index contributed by atoms with van der Waals surface area (Å²) in [5.41, 5.74) is 7.17. The molecule has 1 aromatic carbocycles. The molecular weight excluding hydrogens is 288 g/mol. The highest BCUT2D eigenvalue weighted by Crippen LogP contribution is 2.24. The molecule has 0 saturated carbocycles. The van der Waals surface area contributed by atoms with Crippen LogP contribution in [0.5, 0.6) is 0 Å². The number of anilines is 2. The molecule has 0 bridgehead atoms. The molecule has 4 N–H and O–H groups in total. The number of nitrogen functional groups attached to an aromatic ring is 1. The van der Waals surface area contributed by atoms with Gasteiger partial charge in [-0.2, -0.15) is 0 Å². The highest BCUT2D eigenvalue weighted by Gasteiger charge is 2.23. The first-order valence-electron chi connectivity index (χ1n) is 7.29. The molecule has 0 amide bonds. The fraction of sp³-hybridized carbons (Fsp3) is 0.571. The lowest BCUT2D eigenvalue weighted by Gasteiger charge is -2.23. The predicted octanol–water partition coefficient (Wildman–Crippen LogP) is 1.07. The Hall–Kier alpha value is -1.31. The largest absolute Gasteiger partial charge is 0.397 e. The Bertz CT molecular complexity index is 589. The van der Waals surface area contributed by atoms with Gasteiger partial charge >= 0.3 is 0 Å².